The lowest BCUT2D eigenvalue weighted by molar-refractivity contribution is -0.119. The molecule has 0 atom stereocenters. The van der Waals surface area contributed by atoms with E-state index in [0.717, 1.165) is 0 Å². The van der Waals surface area contributed by atoms with Crippen LogP contribution in [0.4, 0.5) is 0 Å². The molecule has 0 aliphatic rings. The summed E-state index contributed by atoms with van der Waals surface area (Å²) in [5.41, 5.74) is 5.22. The van der Waals surface area contributed by atoms with Crippen LogP contribution in [-0.4, -0.2) is 25.6 Å². The average Bonchev–Trinajstić information content (AvgIpc) is 1.98. The van der Waals surface area contributed by atoms with Crippen molar-refractivity contribution in [2.75, 3.05) is 5.75 Å². The van der Waals surface area contributed by atoms with Crippen molar-refractivity contribution >= 4 is 15.9 Å². The highest BCUT2D eigenvalue weighted by molar-refractivity contribution is 7.90. The van der Waals surface area contributed by atoms with Gasteiger partial charge in [0.2, 0.25) is 15.9 Å². The predicted molar refractivity (Wildman–Crippen MR) is 59.7 cm³/mol. The summed E-state index contributed by atoms with van der Waals surface area (Å²) in [5, 5.41) is 0. The van der Waals surface area contributed by atoms with Gasteiger partial charge in [0.15, 0.2) is 0 Å². The molecule has 0 aromatic rings. The van der Waals surface area contributed by atoms with E-state index in [1.165, 1.54) is 0 Å². The summed E-state index contributed by atoms with van der Waals surface area (Å²) in [6, 6.07) is 0. The number of sulfonamides is 1. The van der Waals surface area contributed by atoms with Crippen molar-refractivity contribution in [3.8, 4) is 0 Å². The maximum atomic E-state index is 11.2. The third kappa shape index (κ3) is 8.38. The first kappa shape index (κ1) is 14.4. The van der Waals surface area contributed by atoms with Crippen LogP contribution < -0.4 is 10.5 Å². The molecule has 0 spiro atoms. The number of nitrogens with two attached hydrogens (primary N) is 1. The van der Waals surface area contributed by atoms with Crippen LogP contribution in [0.15, 0.2) is 0 Å². The van der Waals surface area contributed by atoms with Crippen LogP contribution in [0.25, 0.3) is 0 Å². The number of hydrogen-bond donors (Lipinski definition) is 2. The third-order valence-corrected chi connectivity index (χ3v) is 3.22. The number of amides is 1. The zero-order chi connectivity index (χ0) is 12.1. The molecule has 0 saturated carbocycles. The van der Waals surface area contributed by atoms with Crippen LogP contribution in [0.3, 0.4) is 0 Å². The molecule has 0 unspecified atom stereocenters. The fourth-order valence-corrected chi connectivity index (χ4v) is 2.07. The van der Waals surface area contributed by atoms with E-state index in [9.17, 15) is 13.2 Å². The van der Waals surface area contributed by atoms with Crippen LogP contribution in [0.5, 0.6) is 0 Å². The second-order valence-corrected chi connectivity index (χ2v) is 6.17. The largest absolute Gasteiger partial charge is 0.326 e. The molecule has 0 aromatic carbocycles. The molecule has 0 bridgehead atoms. The van der Waals surface area contributed by atoms with Gasteiger partial charge in [0.05, 0.1) is 5.75 Å². The Morgan fingerprint density at radius 2 is 1.93 bits per heavy atom. The monoisotopic (exact) mass is 236 g/mol. The van der Waals surface area contributed by atoms with Crippen molar-refractivity contribution < 1.29 is 13.2 Å². The lowest BCUT2D eigenvalue weighted by Crippen LogP contribution is -2.36. The first-order chi connectivity index (χ1) is 6.66. The molecule has 5 nitrogen and oxygen atoms in total. The molecule has 15 heavy (non-hydrogen) atoms. The van der Waals surface area contributed by atoms with Gasteiger partial charge in [0.25, 0.3) is 0 Å². The summed E-state index contributed by atoms with van der Waals surface area (Å²) in [6.07, 6.45) is 1.08. The van der Waals surface area contributed by atoms with Gasteiger partial charge in [-0.15, -0.1) is 0 Å². The number of nitrogens with one attached hydrogen (secondary N) is 1. The molecule has 0 rings (SSSR count). The van der Waals surface area contributed by atoms with E-state index >= 15 is 0 Å². The first-order valence-corrected chi connectivity index (χ1v) is 6.64. The summed E-state index contributed by atoms with van der Waals surface area (Å²) >= 11 is 0. The summed E-state index contributed by atoms with van der Waals surface area (Å²) in [5.74, 6) is -0.507. The second-order valence-electron chi connectivity index (χ2n) is 4.33. The Hall–Kier alpha value is -0.620. The van der Waals surface area contributed by atoms with Gasteiger partial charge in [-0.2, -0.15) is 0 Å². The zero-order valence-corrected chi connectivity index (χ0v) is 10.4. The molecular weight excluding hydrogens is 216 g/mol. The van der Waals surface area contributed by atoms with Gasteiger partial charge < -0.3 is 5.73 Å². The molecule has 0 aromatic heterocycles. The van der Waals surface area contributed by atoms with Crippen LogP contribution in [0.2, 0.25) is 0 Å². The van der Waals surface area contributed by atoms with Gasteiger partial charge in [-0.25, -0.2) is 8.42 Å². The fourth-order valence-electron chi connectivity index (χ4n) is 0.980. The van der Waals surface area contributed by atoms with E-state index in [4.69, 9.17) is 5.73 Å². The summed E-state index contributed by atoms with van der Waals surface area (Å²) < 4.78 is 24.4. The molecule has 0 radical (unpaired) electrons. The highest BCUT2D eigenvalue weighted by Crippen LogP contribution is 2.06. The van der Waals surface area contributed by atoms with E-state index in [1.54, 1.807) is 20.8 Å². The standard InChI is InChI=1S/C9H20N2O3S/c1-4-7-15(13,14)11-8(12)5-6-9(2,3)10/h4-7,10H2,1-3H3,(H,11,12). The predicted octanol–water partition coefficient (Wildman–Crippen LogP) is 0.360. The highest BCUT2D eigenvalue weighted by atomic mass is 32.2. The number of carbonyl (C=O) groups is 1. The van der Waals surface area contributed by atoms with Crippen LogP contribution in [-0.2, 0) is 14.8 Å². The van der Waals surface area contributed by atoms with Crippen LogP contribution >= 0.6 is 0 Å². The van der Waals surface area contributed by atoms with Crippen LogP contribution in [0.1, 0.15) is 40.0 Å². The molecule has 3 N–H and O–H groups in total. The molecule has 0 fully saturated rings. The first-order valence-electron chi connectivity index (χ1n) is 4.98. The lowest BCUT2D eigenvalue weighted by Gasteiger charge is -2.17. The van der Waals surface area contributed by atoms with Crippen molar-refractivity contribution in [3.05, 3.63) is 0 Å². The van der Waals surface area contributed by atoms with E-state index in [0.29, 0.717) is 12.8 Å². The minimum atomic E-state index is -3.44. The Labute approximate surface area is 91.5 Å². The van der Waals surface area contributed by atoms with Gasteiger partial charge in [-0.05, 0) is 26.7 Å². The zero-order valence-electron chi connectivity index (χ0n) is 9.54. The van der Waals surface area contributed by atoms with E-state index in [2.05, 4.69) is 0 Å². The minimum absolute atomic E-state index is 0.0231. The highest BCUT2D eigenvalue weighted by Gasteiger charge is 2.17. The fraction of sp³-hybridized carbons (Fsp3) is 0.889. The van der Waals surface area contributed by atoms with Gasteiger partial charge in [0, 0.05) is 12.0 Å². The number of carbonyl (C=O) groups excluding carboxylic acids is 1. The summed E-state index contributed by atoms with van der Waals surface area (Å²) in [6.45, 7) is 5.33. The van der Waals surface area contributed by atoms with Crippen molar-refractivity contribution in [1.29, 1.82) is 0 Å². The Bertz CT molecular complexity index is 304. The third-order valence-electron chi connectivity index (χ3n) is 1.74. The second kappa shape index (κ2) is 5.46. The Morgan fingerprint density at radius 1 is 1.40 bits per heavy atom. The van der Waals surface area contributed by atoms with Gasteiger partial charge in [-0.1, -0.05) is 6.92 Å². The van der Waals surface area contributed by atoms with Crippen molar-refractivity contribution in [2.24, 2.45) is 5.73 Å². The smallest absolute Gasteiger partial charge is 0.234 e. The maximum Gasteiger partial charge on any atom is 0.234 e. The van der Waals surface area contributed by atoms with Gasteiger partial charge in [0.1, 0.15) is 0 Å². The summed E-state index contributed by atoms with van der Waals surface area (Å²) in [4.78, 5) is 11.2. The lowest BCUT2D eigenvalue weighted by atomic mass is 10.0. The number of hydrogen-bond acceptors (Lipinski definition) is 4. The molecule has 90 valence electrons. The van der Waals surface area contributed by atoms with Crippen molar-refractivity contribution in [3.63, 3.8) is 0 Å². The number of rotatable bonds is 6. The Balaban J connectivity index is 4.05. The molecule has 1 amide bonds. The van der Waals surface area contributed by atoms with Gasteiger partial charge >= 0.3 is 0 Å². The molecule has 0 heterocycles. The molecular formula is C9H20N2O3S. The molecule has 0 aliphatic carbocycles. The van der Waals surface area contributed by atoms with E-state index in [-0.39, 0.29) is 12.2 Å². The summed E-state index contributed by atoms with van der Waals surface area (Å²) in [7, 11) is -3.44. The SMILES string of the molecule is CCCS(=O)(=O)NC(=O)CCC(C)(C)N. The topological polar surface area (TPSA) is 89.3 Å². The van der Waals surface area contributed by atoms with E-state index < -0.39 is 21.5 Å². The van der Waals surface area contributed by atoms with Crippen LogP contribution in [0, 0.1) is 0 Å². The average molecular weight is 236 g/mol. The minimum Gasteiger partial charge on any atom is -0.326 e. The molecule has 6 heteroatoms. The van der Waals surface area contributed by atoms with E-state index in [1.807, 2.05) is 4.72 Å². The van der Waals surface area contributed by atoms with Gasteiger partial charge in [-0.3, -0.25) is 9.52 Å². The Morgan fingerprint density at radius 3 is 2.33 bits per heavy atom. The van der Waals surface area contributed by atoms with Crippen molar-refractivity contribution in [1.82, 2.24) is 4.72 Å². The maximum absolute atomic E-state index is 11.2. The van der Waals surface area contributed by atoms with Crippen molar-refractivity contribution in [2.45, 2.75) is 45.6 Å². The normalized spacial score (nSPS) is 12.5. The molecule has 0 aliphatic heterocycles. The Kier molecular flexibility index (Phi) is 5.23. The molecule has 0 saturated heterocycles. The quantitative estimate of drug-likeness (QED) is 0.697.